The molecule has 0 saturated heterocycles. The van der Waals surface area contributed by atoms with Gasteiger partial charge in [0, 0.05) is 11.7 Å². The van der Waals surface area contributed by atoms with Gasteiger partial charge in [0.15, 0.2) is 52.3 Å². The number of carbonyl (C=O) groups is 1. The lowest BCUT2D eigenvalue weighted by Crippen LogP contribution is -2.51. The molecule has 1 atom stereocenters. The van der Waals surface area contributed by atoms with E-state index in [-0.39, 0.29) is 11.8 Å². The number of halogens is 9. The lowest BCUT2D eigenvalue weighted by atomic mass is 9.91. The fourth-order valence-corrected chi connectivity index (χ4v) is 5.66. The van der Waals surface area contributed by atoms with Crippen LogP contribution in [-0.2, 0) is 14.6 Å². The second-order valence-corrected chi connectivity index (χ2v) is 10.5. The smallest absolute Gasteiger partial charge is 0.218 e. The van der Waals surface area contributed by atoms with Crippen molar-refractivity contribution in [2.75, 3.05) is 12.8 Å². The predicted molar refractivity (Wildman–Crippen MR) is 106 cm³/mol. The van der Waals surface area contributed by atoms with E-state index in [9.17, 15) is 52.7 Å². The van der Waals surface area contributed by atoms with E-state index < -0.39 is 99.9 Å². The molecule has 0 spiro atoms. The van der Waals surface area contributed by atoms with Gasteiger partial charge in [-0.05, 0) is 14.0 Å². The number of ketones is 1. The maximum atomic E-state index is 14.7. The van der Waals surface area contributed by atoms with E-state index >= 15 is 0 Å². The number of hydrogen-bond donors (Lipinski definition) is 1. The molecule has 194 valence electrons. The Morgan fingerprint density at radius 3 is 1.46 bits per heavy atom. The molecule has 0 aliphatic rings. The van der Waals surface area contributed by atoms with Gasteiger partial charge in [-0.25, -0.2) is 47.9 Å². The Hall–Kier alpha value is -2.26. The summed E-state index contributed by atoms with van der Waals surface area (Å²) in [5.41, 5.74) is -1.45. The first-order chi connectivity index (χ1) is 16.0. The maximum Gasteiger partial charge on any atom is 0.218 e. The van der Waals surface area contributed by atoms with Crippen LogP contribution in [0.15, 0.2) is 14.7 Å². The molecular weight excluding hydrogens is 537 g/mol. The van der Waals surface area contributed by atoms with Crippen LogP contribution in [0.5, 0.6) is 0 Å². The van der Waals surface area contributed by atoms with Gasteiger partial charge in [0.25, 0.3) is 0 Å². The van der Waals surface area contributed by atoms with Crippen LogP contribution in [0.3, 0.4) is 0 Å². The summed E-state index contributed by atoms with van der Waals surface area (Å²) in [6.45, 7) is 4.36. The Bertz CT molecular complexity index is 1260. The lowest BCUT2D eigenvalue weighted by molar-refractivity contribution is -0.126. The van der Waals surface area contributed by atoms with Gasteiger partial charge in [-0.1, -0.05) is 13.8 Å². The Morgan fingerprint density at radius 2 is 1.11 bits per heavy atom. The first-order valence-electron chi connectivity index (χ1n) is 9.44. The molecule has 0 aliphatic heterocycles. The summed E-state index contributed by atoms with van der Waals surface area (Å²) >= 11 is 0.0817. The Balaban J connectivity index is 2.72. The zero-order chi connectivity index (χ0) is 27.2. The molecule has 35 heavy (non-hydrogen) atoms. The van der Waals surface area contributed by atoms with Gasteiger partial charge >= 0.3 is 0 Å². The zero-order valence-electron chi connectivity index (χ0n) is 18.2. The third kappa shape index (κ3) is 4.77. The van der Waals surface area contributed by atoms with E-state index in [1.165, 1.54) is 27.8 Å². The average Bonchev–Trinajstić information content (AvgIpc) is 2.79. The van der Waals surface area contributed by atoms with Crippen LogP contribution in [0.2, 0.25) is 0 Å². The number of nitrogens with one attached hydrogen (secondary N) is 1. The van der Waals surface area contributed by atoms with E-state index in [1.807, 2.05) is 0 Å². The number of sulfone groups is 1. The van der Waals surface area contributed by atoms with E-state index in [0.29, 0.717) is 0 Å². The van der Waals surface area contributed by atoms with Crippen molar-refractivity contribution in [3.63, 3.8) is 0 Å². The van der Waals surface area contributed by atoms with Crippen LogP contribution < -0.4 is 5.32 Å². The van der Waals surface area contributed by atoms with Gasteiger partial charge in [-0.3, -0.25) is 4.79 Å². The van der Waals surface area contributed by atoms with Crippen LogP contribution in [0, 0.1) is 58.3 Å². The van der Waals surface area contributed by atoms with Crippen molar-refractivity contribution in [2.24, 2.45) is 5.92 Å². The van der Waals surface area contributed by atoms with E-state index in [2.05, 4.69) is 5.32 Å². The number of benzene rings is 2. The predicted octanol–water partition coefficient (Wildman–Crippen LogP) is 5.07. The van der Waals surface area contributed by atoms with Gasteiger partial charge in [-0.2, -0.15) is 0 Å². The third-order valence-electron chi connectivity index (χ3n) is 5.01. The Labute approximate surface area is 197 Å². The summed E-state index contributed by atoms with van der Waals surface area (Å²) < 4.78 is 152. The number of rotatable bonds is 8. The number of thioether (sulfide) groups is 1. The van der Waals surface area contributed by atoms with Crippen molar-refractivity contribution < 1.29 is 52.7 Å². The van der Waals surface area contributed by atoms with E-state index in [4.69, 9.17) is 0 Å². The molecule has 0 heterocycles. The minimum atomic E-state index is -6.36. The maximum absolute atomic E-state index is 14.7. The largest absolute Gasteiger partial charge is 0.308 e. The summed E-state index contributed by atoms with van der Waals surface area (Å²) in [7, 11) is -5.03. The van der Waals surface area contributed by atoms with Crippen LogP contribution >= 0.6 is 11.8 Å². The summed E-state index contributed by atoms with van der Waals surface area (Å²) in [6.07, 6.45) is 0. The van der Waals surface area contributed by atoms with Gasteiger partial charge in [-0.15, -0.1) is 11.8 Å². The molecule has 0 fully saturated rings. The second-order valence-electron chi connectivity index (χ2n) is 7.71. The molecule has 0 aromatic heterocycles. The highest BCUT2D eigenvalue weighted by Gasteiger charge is 2.41. The highest BCUT2D eigenvalue weighted by atomic mass is 32.2. The third-order valence-corrected chi connectivity index (χ3v) is 8.18. The number of hydrogen-bond acceptors (Lipinski definition) is 5. The molecule has 2 aromatic carbocycles. The summed E-state index contributed by atoms with van der Waals surface area (Å²) in [5.74, 6) is -25.8. The van der Waals surface area contributed by atoms with Crippen molar-refractivity contribution in [1.82, 2.24) is 5.32 Å². The Kier molecular flexibility index (Phi) is 8.29. The highest BCUT2D eigenvalue weighted by molar-refractivity contribution is 7.99. The number of Topliss-reactive ketones (excluding diaryl/α,β-unsaturated/α-hetero) is 1. The summed E-state index contributed by atoms with van der Waals surface area (Å²) in [4.78, 5) is 5.63. The molecule has 0 amide bonds. The number of carbonyl (C=O) groups excluding carboxylic acids is 1. The van der Waals surface area contributed by atoms with Crippen molar-refractivity contribution in [1.29, 1.82) is 0 Å². The van der Waals surface area contributed by atoms with E-state index in [1.54, 1.807) is 0 Å². The standard InChI is InChI=1S/C20H16F9NO3S2/c1-6(2)19(31)20(3,30-4)5-34-16-10(24)14(28)18(15(29)11(16)25)35(32,33)17-12(26)8(22)7(21)9(23)13(17)27/h6,30H,5H2,1-4H3. The van der Waals surface area contributed by atoms with Crippen LogP contribution in [-0.4, -0.2) is 32.5 Å². The zero-order valence-corrected chi connectivity index (χ0v) is 19.9. The first-order valence-corrected chi connectivity index (χ1v) is 11.9. The van der Waals surface area contributed by atoms with Crippen LogP contribution in [0.1, 0.15) is 20.8 Å². The summed E-state index contributed by atoms with van der Waals surface area (Å²) in [5, 5.41) is 2.60. The molecule has 1 unspecified atom stereocenters. The molecule has 0 radical (unpaired) electrons. The second kappa shape index (κ2) is 10.0. The molecule has 4 nitrogen and oxygen atoms in total. The fraction of sp³-hybridized carbons (Fsp3) is 0.350. The Morgan fingerprint density at radius 1 is 0.771 bits per heavy atom. The normalized spacial score (nSPS) is 13.9. The molecule has 0 saturated carbocycles. The minimum Gasteiger partial charge on any atom is -0.308 e. The van der Waals surface area contributed by atoms with Crippen molar-refractivity contribution in [3.8, 4) is 0 Å². The molecule has 2 rings (SSSR count). The van der Waals surface area contributed by atoms with Gasteiger partial charge in [0.2, 0.25) is 15.7 Å². The monoisotopic (exact) mass is 553 g/mol. The van der Waals surface area contributed by atoms with Crippen LogP contribution in [0.4, 0.5) is 39.5 Å². The van der Waals surface area contributed by atoms with E-state index in [0.717, 1.165) is 0 Å². The van der Waals surface area contributed by atoms with Gasteiger partial charge < -0.3 is 5.32 Å². The molecular formula is C20H16F9NO3S2. The SMILES string of the molecule is CNC(C)(CSc1c(F)c(F)c(S(=O)(=O)c2c(F)c(F)c(F)c(F)c2F)c(F)c1F)C(=O)C(C)C. The molecule has 15 heteroatoms. The molecule has 2 aromatic rings. The fourth-order valence-electron chi connectivity index (χ4n) is 3.00. The lowest BCUT2D eigenvalue weighted by Gasteiger charge is -2.29. The molecule has 1 N–H and O–H groups in total. The summed E-state index contributed by atoms with van der Waals surface area (Å²) in [6, 6.07) is 0. The molecule has 0 aliphatic carbocycles. The number of likely N-dealkylation sites (N-methyl/N-ethyl adjacent to an activating group) is 1. The average molecular weight is 553 g/mol. The highest BCUT2D eigenvalue weighted by Crippen LogP contribution is 2.39. The van der Waals surface area contributed by atoms with Crippen molar-refractivity contribution in [2.45, 2.75) is 41.0 Å². The van der Waals surface area contributed by atoms with Crippen LogP contribution in [0.25, 0.3) is 0 Å². The van der Waals surface area contributed by atoms with Gasteiger partial charge in [0.1, 0.15) is 9.79 Å². The first kappa shape index (κ1) is 29.0. The van der Waals surface area contributed by atoms with Crippen molar-refractivity contribution in [3.05, 3.63) is 52.4 Å². The quantitative estimate of drug-likeness (QED) is 0.163. The van der Waals surface area contributed by atoms with Crippen molar-refractivity contribution >= 4 is 27.4 Å². The molecule has 0 bridgehead atoms. The minimum absolute atomic E-state index is 0.0817. The topological polar surface area (TPSA) is 63.2 Å². The van der Waals surface area contributed by atoms with Gasteiger partial charge in [0.05, 0.1) is 10.4 Å².